The van der Waals surface area contributed by atoms with Crippen molar-refractivity contribution in [3.8, 4) is 0 Å². The van der Waals surface area contributed by atoms with Gasteiger partial charge in [0.25, 0.3) is 0 Å². The van der Waals surface area contributed by atoms with Gasteiger partial charge in [0.15, 0.2) is 0 Å². The lowest BCUT2D eigenvalue weighted by molar-refractivity contribution is -0.137. The summed E-state index contributed by atoms with van der Waals surface area (Å²) in [5, 5.41) is 1.06. The van der Waals surface area contributed by atoms with E-state index in [0.717, 1.165) is 17.6 Å². The fourth-order valence-electron chi connectivity index (χ4n) is 2.13. The first-order valence-electron chi connectivity index (χ1n) is 5.60. The van der Waals surface area contributed by atoms with Crippen LogP contribution in [0.3, 0.4) is 0 Å². The van der Waals surface area contributed by atoms with Gasteiger partial charge in [0.05, 0.1) is 5.56 Å². The Balaban J connectivity index is 2.77. The molecule has 0 saturated carbocycles. The van der Waals surface area contributed by atoms with Crippen molar-refractivity contribution in [1.82, 2.24) is 4.57 Å². The summed E-state index contributed by atoms with van der Waals surface area (Å²) in [6.45, 7) is 5.63. The van der Waals surface area contributed by atoms with E-state index < -0.39 is 11.7 Å². The summed E-state index contributed by atoms with van der Waals surface area (Å²) < 4.78 is 39.9. The Hall–Kier alpha value is -1.16. The first kappa shape index (κ1) is 13.3. The smallest absolute Gasteiger partial charge is 0.329 e. The normalized spacial score (nSPS) is 12.7. The molecule has 0 aliphatic carbocycles. The second-order valence-electron chi connectivity index (χ2n) is 4.61. The monoisotopic (exact) mass is 275 g/mol. The quantitative estimate of drug-likeness (QED) is 0.674. The summed E-state index contributed by atoms with van der Waals surface area (Å²) in [6, 6.07) is 3.84. The predicted molar refractivity (Wildman–Crippen MR) is 67.1 cm³/mol. The van der Waals surface area contributed by atoms with Crippen LogP contribution >= 0.6 is 11.6 Å². The number of hydrogen-bond donors (Lipinski definition) is 0. The Kier molecular flexibility index (Phi) is 3.09. The zero-order chi connectivity index (χ0) is 13.7. The molecule has 0 unspecified atom stereocenters. The van der Waals surface area contributed by atoms with Gasteiger partial charge in [-0.2, -0.15) is 13.2 Å². The molecule has 0 spiro atoms. The first-order valence-corrected chi connectivity index (χ1v) is 5.98. The van der Waals surface area contributed by atoms with Crippen LogP contribution in [0.15, 0.2) is 18.2 Å². The van der Waals surface area contributed by atoms with Crippen LogP contribution in [0.2, 0.25) is 5.15 Å². The Labute approximate surface area is 108 Å². The van der Waals surface area contributed by atoms with Crippen LogP contribution < -0.4 is 0 Å². The van der Waals surface area contributed by atoms with Gasteiger partial charge in [-0.25, -0.2) is 0 Å². The zero-order valence-corrected chi connectivity index (χ0v) is 11.0. The van der Waals surface area contributed by atoms with Crippen molar-refractivity contribution in [2.45, 2.75) is 33.0 Å². The largest absolute Gasteiger partial charge is 0.416 e. The van der Waals surface area contributed by atoms with E-state index in [4.69, 9.17) is 11.6 Å². The predicted octanol–water partition coefficient (Wildman–Crippen LogP) is 5.20. The molecule has 0 radical (unpaired) electrons. The van der Waals surface area contributed by atoms with Crippen LogP contribution in [0.5, 0.6) is 0 Å². The fourth-order valence-corrected chi connectivity index (χ4v) is 2.51. The van der Waals surface area contributed by atoms with Gasteiger partial charge in [-0.1, -0.05) is 11.6 Å². The molecule has 0 fully saturated rings. The van der Waals surface area contributed by atoms with Crippen molar-refractivity contribution in [3.05, 3.63) is 34.5 Å². The number of halogens is 4. The standard InChI is InChI=1S/C13H13ClF3N/c1-7(2)18-11-5-4-9(13(15,16)17)6-10(11)8(3)12(18)14/h4-7H,1-3H3. The van der Waals surface area contributed by atoms with E-state index in [1.165, 1.54) is 6.07 Å². The number of nitrogens with zero attached hydrogens (tertiary/aromatic N) is 1. The number of alkyl halides is 3. The van der Waals surface area contributed by atoms with Gasteiger partial charge in [-0.3, -0.25) is 0 Å². The van der Waals surface area contributed by atoms with Crippen molar-refractivity contribution < 1.29 is 13.2 Å². The summed E-state index contributed by atoms with van der Waals surface area (Å²) in [5.74, 6) is 0. The number of fused-ring (bicyclic) bond motifs is 1. The van der Waals surface area contributed by atoms with Crippen molar-refractivity contribution in [2.24, 2.45) is 0 Å². The van der Waals surface area contributed by atoms with Gasteiger partial charge in [0, 0.05) is 16.9 Å². The van der Waals surface area contributed by atoms with Crippen LogP contribution in [0, 0.1) is 6.92 Å². The molecule has 98 valence electrons. The highest BCUT2D eigenvalue weighted by molar-refractivity contribution is 6.32. The van der Waals surface area contributed by atoms with Crippen molar-refractivity contribution in [2.75, 3.05) is 0 Å². The van der Waals surface area contributed by atoms with Crippen LogP contribution in [0.1, 0.15) is 31.0 Å². The molecule has 1 nitrogen and oxygen atoms in total. The third-order valence-corrected chi connectivity index (χ3v) is 3.49. The molecule has 0 aliphatic rings. The van der Waals surface area contributed by atoms with E-state index in [-0.39, 0.29) is 6.04 Å². The third kappa shape index (κ3) is 1.99. The molecule has 2 rings (SSSR count). The second kappa shape index (κ2) is 4.19. The number of hydrogen-bond acceptors (Lipinski definition) is 0. The van der Waals surface area contributed by atoms with E-state index in [1.54, 1.807) is 6.92 Å². The lowest BCUT2D eigenvalue weighted by Gasteiger charge is -2.12. The molecule has 5 heteroatoms. The number of benzene rings is 1. The molecule has 1 aromatic heterocycles. The first-order chi connectivity index (χ1) is 8.23. The van der Waals surface area contributed by atoms with Crippen molar-refractivity contribution in [1.29, 1.82) is 0 Å². The highest BCUT2D eigenvalue weighted by Gasteiger charge is 2.31. The second-order valence-corrected chi connectivity index (χ2v) is 4.97. The number of rotatable bonds is 1. The lowest BCUT2D eigenvalue weighted by atomic mass is 10.1. The van der Waals surface area contributed by atoms with E-state index in [9.17, 15) is 13.2 Å². The minimum Gasteiger partial charge on any atom is -0.329 e. The van der Waals surface area contributed by atoms with Crippen molar-refractivity contribution in [3.63, 3.8) is 0 Å². The maximum atomic E-state index is 12.7. The summed E-state index contributed by atoms with van der Waals surface area (Å²) in [4.78, 5) is 0. The van der Waals surface area contributed by atoms with Gasteiger partial charge < -0.3 is 4.57 Å². The zero-order valence-electron chi connectivity index (χ0n) is 10.3. The van der Waals surface area contributed by atoms with Crippen LogP contribution in [0.4, 0.5) is 13.2 Å². The van der Waals surface area contributed by atoms with E-state index >= 15 is 0 Å². The van der Waals surface area contributed by atoms with Gasteiger partial charge in [0.2, 0.25) is 0 Å². The van der Waals surface area contributed by atoms with Gasteiger partial charge >= 0.3 is 6.18 Å². The maximum Gasteiger partial charge on any atom is 0.416 e. The molecule has 0 aliphatic heterocycles. The molecule has 1 heterocycles. The lowest BCUT2D eigenvalue weighted by Crippen LogP contribution is -2.05. The molecule has 0 amide bonds. The summed E-state index contributed by atoms with van der Waals surface area (Å²) in [6.07, 6.45) is -4.33. The highest BCUT2D eigenvalue weighted by Crippen LogP contribution is 2.36. The van der Waals surface area contributed by atoms with Crippen molar-refractivity contribution >= 4 is 22.5 Å². The Morgan fingerprint density at radius 1 is 1.22 bits per heavy atom. The molecule has 0 bridgehead atoms. The molecular weight excluding hydrogens is 263 g/mol. The van der Waals surface area contributed by atoms with E-state index in [1.807, 2.05) is 18.4 Å². The van der Waals surface area contributed by atoms with Crippen LogP contribution in [-0.4, -0.2) is 4.57 Å². The van der Waals surface area contributed by atoms with Gasteiger partial charge in [-0.15, -0.1) is 0 Å². The Morgan fingerprint density at radius 2 is 1.83 bits per heavy atom. The van der Waals surface area contributed by atoms with Gasteiger partial charge in [0.1, 0.15) is 5.15 Å². The average molecular weight is 276 g/mol. The SMILES string of the molecule is Cc1c(Cl)n(C(C)C)c2ccc(C(F)(F)F)cc12. The van der Waals surface area contributed by atoms with Crippen LogP contribution in [0.25, 0.3) is 10.9 Å². The average Bonchev–Trinajstić information content (AvgIpc) is 2.50. The molecule has 0 N–H and O–H groups in total. The molecule has 18 heavy (non-hydrogen) atoms. The summed E-state index contributed by atoms with van der Waals surface area (Å²) >= 11 is 6.18. The number of aryl methyl sites for hydroxylation is 1. The molecule has 0 saturated heterocycles. The third-order valence-electron chi connectivity index (χ3n) is 3.02. The molecular formula is C13H13ClF3N. The van der Waals surface area contributed by atoms with E-state index in [0.29, 0.717) is 16.1 Å². The van der Waals surface area contributed by atoms with E-state index in [2.05, 4.69) is 0 Å². The fraction of sp³-hybridized carbons (Fsp3) is 0.385. The minimum absolute atomic E-state index is 0.102. The highest BCUT2D eigenvalue weighted by atomic mass is 35.5. The summed E-state index contributed by atoms with van der Waals surface area (Å²) in [5.41, 5.74) is 0.780. The Morgan fingerprint density at radius 3 is 2.33 bits per heavy atom. The molecule has 1 aromatic carbocycles. The molecule has 2 aromatic rings. The maximum absolute atomic E-state index is 12.7. The molecule has 0 atom stereocenters. The number of aromatic nitrogens is 1. The Bertz CT molecular complexity index is 596. The topological polar surface area (TPSA) is 4.93 Å². The van der Waals surface area contributed by atoms with Crippen LogP contribution in [-0.2, 0) is 6.18 Å². The summed E-state index contributed by atoms with van der Waals surface area (Å²) in [7, 11) is 0. The minimum atomic E-state index is -4.33. The van der Waals surface area contributed by atoms with Gasteiger partial charge in [-0.05, 0) is 44.5 Å².